The summed E-state index contributed by atoms with van der Waals surface area (Å²) in [6.07, 6.45) is -0.969. The molecule has 2 N–H and O–H groups in total. The summed E-state index contributed by atoms with van der Waals surface area (Å²) in [5.41, 5.74) is 0.496. The molecule has 20 heavy (non-hydrogen) atoms. The zero-order valence-electron chi connectivity index (χ0n) is 11.0. The molecule has 3 rings (SSSR count). The fourth-order valence-electron chi connectivity index (χ4n) is 2.66. The predicted molar refractivity (Wildman–Crippen MR) is 74.0 cm³/mol. The van der Waals surface area contributed by atoms with Crippen LogP contribution in [0, 0.1) is 0 Å². The number of benzene rings is 2. The average molecular weight is 269 g/mol. The van der Waals surface area contributed by atoms with E-state index in [9.17, 15) is 9.90 Å². The minimum atomic E-state index is -1.26. The number of fused-ring (bicyclic) bond motifs is 1. The topological polar surface area (TPSA) is 58.6 Å². The molecule has 1 heterocycles. The van der Waals surface area contributed by atoms with E-state index in [4.69, 9.17) is 4.74 Å². The molecule has 0 saturated heterocycles. The highest BCUT2D eigenvalue weighted by Gasteiger charge is 2.47. The Hall–Kier alpha value is -2.17. The molecule has 1 aliphatic rings. The van der Waals surface area contributed by atoms with E-state index in [2.05, 4.69) is 5.32 Å². The quantitative estimate of drug-likeness (QED) is 0.876. The van der Waals surface area contributed by atoms with Gasteiger partial charge in [0.15, 0.2) is 5.72 Å². The first-order chi connectivity index (χ1) is 9.69. The van der Waals surface area contributed by atoms with Gasteiger partial charge in [-0.3, -0.25) is 4.79 Å². The molecule has 2 unspecified atom stereocenters. The van der Waals surface area contributed by atoms with E-state index in [-0.39, 0.29) is 5.91 Å². The molecule has 0 bridgehead atoms. The first-order valence-electron chi connectivity index (χ1n) is 6.39. The molecule has 2 atom stereocenters. The Balaban J connectivity index is 2.18. The molecule has 1 amide bonds. The minimum Gasteiger partial charge on any atom is -0.383 e. The lowest BCUT2D eigenvalue weighted by molar-refractivity contribution is -0.131. The first-order valence-corrected chi connectivity index (χ1v) is 6.39. The van der Waals surface area contributed by atoms with Crippen molar-refractivity contribution in [3.63, 3.8) is 0 Å². The molecular weight excluding hydrogens is 254 g/mol. The van der Waals surface area contributed by atoms with E-state index in [1.807, 2.05) is 30.3 Å². The largest absolute Gasteiger partial charge is 0.383 e. The Morgan fingerprint density at radius 1 is 1.10 bits per heavy atom. The SMILES string of the molecule is COC1(c2ccccc2)NC(=O)c2ccccc2C1O. The van der Waals surface area contributed by atoms with Gasteiger partial charge in [-0.25, -0.2) is 0 Å². The van der Waals surface area contributed by atoms with Gasteiger partial charge in [0.2, 0.25) is 0 Å². The molecule has 0 spiro atoms. The second kappa shape index (κ2) is 4.74. The van der Waals surface area contributed by atoms with E-state index >= 15 is 0 Å². The van der Waals surface area contributed by atoms with Gasteiger partial charge in [0.05, 0.1) is 0 Å². The van der Waals surface area contributed by atoms with Crippen LogP contribution in [-0.2, 0) is 10.5 Å². The molecule has 4 heteroatoms. The number of rotatable bonds is 2. The smallest absolute Gasteiger partial charge is 0.254 e. The lowest BCUT2D eigenvalue weighted by atomic mass is 9.85. The van der Waals surface area contributed by atoms with Gasteiger partial charge < -0.3 is 15.2 Å². The number of nitrogens with one attached hydrogen (secondary N) is 1. The van der Waals surface area contributed by atoms with E-state index in [1.54, 1.807) is 24.3 Å². The zero-order valence-corrected chi connectivity index (χ0v) is 11.0. The van der Waals surface area contributed by atoms with Crippen LogP contribution in [0.15, 0.2) is 54.6 Å². The Morgan fingerprint density at radius 2 is 1.75 bits per heavy atom. The fraction of sp³-hybridized carbons (Fsp3) is 0.188. The fourth-order valence-corrected chi connectivity index (χ4v) is 2.66. The molecule has 2 aromatic rings. The number of hydrogen-bond donors (Lipinski definition) is 2. The number of hydrogen-bond acceptors (Lipinski definition) is 3. The number of carbonyl (C=O) groups excluding carboxylic acids is 1. The molecular formula is C16H15NO3. The van der Waals surface area contributed by atoms with E-state index in [0.717, 1.165) is 0 Å². The maximum absolute atomic E-state index is 12.3. The van der Waals surface area contributed by atoms with Gasteiger partial charge >= 0.3 is 0 Å². The molecule has 0 aliphatic carbocycles. The summed E-state index contributed by atoms with van der Waals surface area (Å²) in [6, 6.07) is 16.2. The number of carbonyl (C=O) groups is 1. The van der Waals surface area contributed by atoms with Crippen LogP contribution in [0.3, 0.4) is 0 Å². The Bertz CT molecular complexity index is 641. The summed E-state index contributed by atoms with van der Waals surface area (Å²) in [4.78, 5) is 12.3. The van der Waals surface area contributed by atoms with E-state index in [1.165, 1.54) is 7.11 Å². The molecule has 0 fully saturated rings. The van der Waals surface area contributed by atoms with Gasteiger partial charge in [0.1, 0.15) is 6.10 Å². The van der Waals surface area contributed by atoms with Crippen molar-refractivity contribution >= 4 is 5.91 Å². The Labute approximate surface area is 117 Å². The third-order valence-electron chi connectivity index (χ3n) is 3.71. The monoisotopic (exact) mass is 269 g/mol. The van der Waals surface area contributed by atoms with E-state index < -0.39 is 11.8 Å². The molecule has 0 radical (unpaired) electrons. The Kier molecular flexibility index (Phi) is 3.04. The predicted octanol–water partition coefficient (Wildman–Crippen LogP) is 1.96. The van der Waals surface area contributed by atoms with Crippen molar-refractivity contribution in [1.82, 2.24) is 5.32 Å². The van der Waals surface area contributed by atoms with Crippen LogP contribution >= 0.6 is 0 Å². The standard InChI is InChI=1S/C16H15NO3/c1-20-16(11-7-3-2-4-8-11)14(18)12-9-5-6-10-13(12)15(19)17-16/h2-10,14,18H,1H3,(H,17,19). The van der Waals surface area contributed by atoms with Crippen molar-refractivity contribution in [3.8, 4) is 0 Å². The van der Waals surface area contributed by atoms with Crippen LogP contribution in [0.5, 0.6) is 0 Å². The molecule has 4 nitrogen and oxygen atoms in total. The maximum Gasteiger partial charge on any atom is 0.254 e. The van der Waals surface area contributed by atoms with Crippen molar-refractivity contribution in [2.75, 3.05) is 7.11 Å². The summed E-state index contributed by atoms with van der Waals surface area (Å²) < 4.78 is 5.52. The highest BCUT2D eigenvalue weighted by molar-refractivity contribution is 5.97. The van der Waals surface area contributed by atoms with Crippen LogP contribution in [0.1, 0.15) is 27.6 Å². The molecule has 0 saturated carbocycles. The highest BCUT2D eigenvalue weighted by Crippen LogP contribution is 2.40. The van der Waals surface area contributed by atoms with E-state index in [0.29, 0.717) is 16.7 Å². The highest BCUT2D eigenvalue weighted by atomic mass is 16.5. The molecule has 1 aliphatic heterocycles. The van der Waals surface area contributed by atoms with Gasteiger partial charge in [-0.2, -0.15) is 0 Å². The third-order valence-corrected chi connectivity index (χ3v) is 3.71. The van der Waals surface area contributed by atoms with Gasteiger partial charge in [-0.05, 0) is 11.6 Å². The van der Waals surface area contributed by atoms with Gasteiger partial charge in [-0.1, -0.05) is 48.5 Å². The van der Waals surface area contributed by atoms with Crippen molar-refractivity contribution in [2.24, 2.45) is 0 Å². The summed E-state index contributed by atoms with van der Waals surface area (Å²) in [5, 5.41) is 13.5. The third kappa shape index (κ3) is 1.73. The number of aliphatic hydroxyl groups is 1. The summed E-state index contributed by atoms with van der Waals surface area (Å²) in [5.74, 6) is -0.253. The second-order valence-electron chi connectivity index (χ2n) is 4.75. The lowest BCUT2D eigenvalue weighted by Crippen LogP contribution is -2.55. The van der Waals surface area contributed by atoms with Crippen molar-refractivity contribution < 1.29 is 14.6 Å². The van der Waals surface area contributed by atoms with Gasteiger partial charge in [0.25, 0.3) is 5.91 Å². The zero-order chi connectivity index (χ0) is 14.2. The average Bonchev–Trinajstić information content (AvgIpc) is 2.52. The number of methoxy groups -OCH3 is 1. The van der Waals surface area contributed by atoms with Crippen LogP contribution in [0.4, 0.5) is 0 Å². The Morgan fingerprint density at radius 3 is 2.45 bits per heavy atom. The molecule has 2 aromatic carbocycles. The van der Waals surface area contributed by atoms with Crippen LogP contribution in [0.2, 0.25) is 0 Å². The van der Waals surface area contributed by atoms with Crippen molar-refractivity contribution in [2.45, 2.75) is 11.8 Å². The molecule has 0 aromatic heterocycles. The first kappa shape index (κ1) is 12.8. The normalized spacial score (nSPS) is 24.9. The molecule has 102 valence electrons. The van der Waals surface area contributed by atoms with Crippen LogP contribution < -0.4 is 5.32 Å². The van der Waals surface area contributed by atoms with Gasteiger partial charge in [0, 0.05) is 18.2 Å². The van der Waals surface area contributed by atoms with Crippen molar-refractivity contribution in [3.05, 3.63) is 71.3 Å². The van der Waals surface area contributed by atoms with Crippen LogP contribution in [-0.4, -0.2) is 18.1 Å². The maximum atomic E-state index is 12.3. The summed E-state index contributed by atoms with van der Waals surface area (Å²) in [6.45, 7) is 0. The minimum absolute atomic E-state index is 0.253. The number of ether oxygens (including phenoxy) is 1. The van der Waals surface area contributed by atoms with Crippen LogP contribution in [0.25, 0.3) is 0 Å². The number of amides is 1. The van der Waals surface area contributed by atoms with Gasteiger partial charge in [-0.15, -0.1) is 0 Å². The number of aliphatic hydroxyl groups excluding tert-OH is 1. The lowest BCUT2D eigenvalue weighted by Gasteiger charge is -2.41. The summed E-state index contributed by atoms with van der Waals surface area (Å²) in [7, 11) is 1.48. The van der Waals surface area contributed by atoms with Crippen molar-refractivity contribution in [1.29, 1.82) is 0 Å². The summed E-state index contributed by atoms with van der Waals surface area (Å²) >= 11 is 0. The second-order valence-corrected chi connectivity index (χ2v) is 4.75.